The summed E-state index contributed by atoms with van der Waals surface area (Å²) in [5.74, 6) is -1.68. The van der Waals surface area contributed by atoms with Crippen LogP contribution < -0.4 is 0 Å². The van der Waals surface area contributed by atoms with Gasteiger partial charge in [-0.2, -0.15) is 0 Å². The fourth-order valence-corrected chi connectivity index (χ4v) is 0.993. The van der Waals surface area contributed by atoms with Gasteiger partial charge in [0.15, 0.2) is 0 Å². The lowest BCUT2D eigenvalue weighted by Gasteiger charge is -1.92. The normalized spacial score (nSPS) is 57.8. The molecule has 3 nitrogen and oxygen atoms in total. The SMILES string of the molecule is CCCC12OC1(O)O2. The molecule has 0 amide bonds. The highest BCUT2D eigenvalue weighted by Crippen LogP contribution is 2.67. The molecule has 46 valence electrons. The largest absolute Gasteiger partial charge is 0.343 e. The van der Waals surface area contributed by atoms with Crippen LogP contribution >= 0.6 is 0 Å². The zero-order valence-corrected chi connectivity index (χ0v) is 4.68. The van der Waals surface area contributed by atoms with Crippen LogP contribution in [0.1, 0.15) is 19.8 Å². The maximum absolute atomic E-state index is 8.84. The van der Waals surface area contributed by atoms with Crippen LogP contribution in [-0.2, 0) is 9.47 Å². The minimum atomic E-state index is -1.14. The first-order valence-electron chi connectivity index (χ1n) is 2.85. The minimum Gasteiger partial charge on any atom is -0.339 e. The molecule has 2 saturated heterocycles. The maximum atomic E-state index is 8.84. The third-order valence-electron chi connectivity index (χ3n) is 1.58. The summed E-state index contributed by atoms with van der Waals surface area (Å²) in [6.45, 7) is 2.03. The van der Waals surface area contributed by atoms with Gasteiger partial charge in [0.05, 0.1) is 0 Å². The maximum Gasteiger partial charge on any atom is 0.343 e. The van der Waals surface area contributed by atoms with Crippen LogP contribution in [-0.4, -0.2) is 16.9 Å². The Morgan fingerprint density at radius 2 is 2.00 bits per heavy atom. The Labute approximate surface area is 47.2 Å². The van der Waals surface area contributed by atoms with Crippen molar-refractivity contribution in [3.05, 3.63) is 0 Å². The molecule has 2 fully saturated rings. The quantitative estimate of drug-likeness (QED) is 0.524. The number of hydrogen-bond donors (Lipinski definition) is 1. The summed E-state index contributed by atoms with van der Waals surface area (Å²) in [5.41, 5.74) is 0. The summed E-state index contributed by atoms with van der Waals surface area (Å²) in [6.07, 6.45) is 1.80. The Balaban J connectivity index is 1.94. The van der Waals surface area contributed by atoms with Crippen molar-refractivity contribution in [2.45, 2.75) is 31.5 Å². The van der Waals surface area contributed by atoms with Crippen molar-refractivity contribution in [3.8, 4) is 0 Å². The molecule has 0 radical (unpaired) electrons. The van der Waals surface area contributed by atoms with Crippen molar-refractivity contribution in [3.63, 3.8) is 0 Å². The average molecular weight is 116 g/mol. The second-order valence-electron chi connectivity index (χ2n) is 2.29. The summed E-state index contributed by atoms with van der Waals surface area (Å²) >= 11 is 0. The predicted octanol–water partition coefficient (Wildman–Crippen LogP) is 0.189. The Morgan fingerprint density at radius 3 is 2.12 bits per heavy atom. The summed E-state index contributed by atoms with van der Waals surface area (Å²) in [5, 5.41) is 8.84. The van der Waals surface area contributed by atoms with Crippen LogP contribution in [0.3, 0.4) is 0 Å². The summed E-state index contributed by atoms with van der Waals surface area (Å²) < 4.78 is 9.51. The van der Waals surface area contributed by atoms with Gasteiger partial charge in [0.1, 0.15) is 0 Å². The molecule has 0 aromatic heterocycles. The van der Waals surface area contributed by atoms with E-state index in [0.717, 1.165) is 12.8 Å². The van der Waals surface area contributed by atoms with E-state index in [4.69, 9.17) is 14.6 Å². The fraction of sp³-hybridized carbons (Fsp3) is 1.00. The molecule has 0 spiro atoms. The Morgan fingerprint density at radius 1 is 1.50 bits per heavy atom. The van der Waals surface area contributed by atoms with Crippen LogP contribution in [0.15, 0.2) is 0 Å². The molecule has 0 unspecified atom stereocenters. The topological polar surface area (TPSA) is 45.3 Å². The van der Waals surface area contributed by atoms with Crippen molar-refractivity contribution in [1.82, 2.24) is 0 Å². The van der Waals surface area contributed by atoms with E-state index in [9.17, 15) is 0 Å². The summed E-state index contributed by atoms with van der Waals surface area (Å²) in [4.78, 5) is 0. The molecule has 0 atom stereocenters. The summed E-state index contributed by atoms with van der Waals surface area (Å²) in [7, 11) is 0. The molecule has 2 rings (SSSR count). The highest BCUT2D eigenvalue weighted by atomic mass is 17.1. The third kappa shape index (κ3) is 0.321. The molecular formula is C5H8O3. The van der Waals surface area contributed by atoms with Gasteiger partial charge in [-0.15, -0.1) is 0 Å². The van der Waals surface area contributed by atoms with E-state index in [1.165, 1.54) is 0 Å². The van der Waals surface area contributed by atoms with Gasteiger partial charge < -0.3 is 5.11 Å². The monoisotopic (exact) mass is 116 g/mol. The average Bonchev–Trinajstić information content (AvgIpc) is 2.25. The molecule has 0 bridgehead atoms. The van der Waals surface area contributed by atoms with Crippen molar-refractivity contribution < 1.29 is 14.6 Å². The number of hydrogen-bond acceptors (Lipinski definition) is 3. The number of fused-ring (bicyclic) bond motifs is 1. The Bertz CT molecular complexity index is 126. The second kappa shape index (κ2) is 0.943. The van der Waals surface area contributed by atoms with Gasteiger partial charge >= 0.3 is 5.97 Å². The zero-order chi connectivity index (χ0) is 5.83. The fourth-order valence-electron chi connectivity index (χ4n) is 0.993. The molecule has 2 aliphatic rings. The molecule has 0 aromatic rings. The predicted molar refractivity (Wildman–Crippen MR) is 24.8 cm³/mol. The van der Waals surface area contributed by atoms with Crippen molar-refractivity contribution in [1.29, 1.82) is 0 Å². The van der Waals surface area contributed by atoms with E-state index < -0.39 is 11.8 Å². The molecule has 1 N–H and O–H groups in total. The van der Waals surface area contributed by atoms with Crippen molar-refractivity contribution in [2.75, 3.05) is 0 Å². The van der Waals surface area contributed by atoms with E-state index in [1.54, 1.807) is 0 Å². The van der Waals surface area contributed by atoms with Gasteiger partial charge in [-0.05, 0) is 0 Å². The molecule has 3 heteroatoms. The molecule has 2 aliphatic heterocycles. The van der Waals surface area contributed by atoms with E-state index in [0.29, 0.717) is 0 Å². The minimum absolute atomic E-state index is 0.540. The van der Waals surface area contributed by atoms with Gasteiger partial charge in [0.25, 0.3) is 5.79 Å². The second-order valence-corrected chi connectivity index (χ2v) is 2.29. The highest BCUT2D eigenvalue weighted by molar-refractivity contribution is 5.09. The zero-order valence-electron chi connectivity index (χ0n) is 4.68. The Kier molecular flexibility index (Phi) is 0.558. The van der Waals surface area contributed by atoms with Gasteiger partial charge in [0.2, 0.25) is 0 Å². The Hall–Kier alpha value is -0.120. The number of rotatable bonds is 2. The molecule has 8 heavy (non-hydrogen) atoms. The molecule has 0 aliphatic carbocycles. The number of aliphatic hydroxyl groups is 1. The van der Waals surface area contributed by atoms with Crippen molar-refractivity contribution in [2.24, 2.45) is 0 Å². The lowest BCUT2D eigenvalue weighted by atomic mass is 10.2. The van der Waals surface area contributed by atoms with Gasteiger partial charge in [0, 0.05) is 6.42 Å². The number of ether oxygens (including phenoxy) is 2. The first-order valence-corrected chi connectivity index (χ1v) is 2.85. The number of epoxide rings is 2. The van der Waals surface area contributed by atoms with Crippen LogP contribution in [0.5, 0.6) is 0 Å². The van der Waals surface area contributed by atoms with Crippen molar-refractivity contribution >= 4 is 0 Å². The molecule has 0 aromatic carbocycles. The first kappa shape index (κ1) is 4.73. The molecule has 2 heterocycles. The van der Waals surface area contributed by atoms with Gasteiger partial charge in [-0.3, -0.25) is 9.47 Å². The first-order chi connectivity index (χ1) is 3.72. The standard InChI is InChI=1S/C5H8O3/c1-2-3-4-5(6,7-4)8-4/h6H,2-3H2,1H3. The highest BCUT2D eigenvalue weighted by Gasteiger charge is 2.91. The van der Waals surface area contributed by atoms with E-state index in [1.807, 2.05) is 6.92 Å². The van der Waals surface area contributed by atoms with E-state index >= 15 is 0 Å². The summed E-state index contributed by atoms with van der Waals surface area (Å²) in [6, 6.07) is 0. The van der Waals surface area contributed by atoms with E-state index in [-0.39, 0.29) is 0 Å². The smallest absolute Gasteiger partial charge is 0.339 e. The van der Waals surface area contributed by atoms with E-state index in [2.05, 4.69) is 0 Å². The van der Waals surface area contributed by atoms with Crippen LogP contribution in [0.25, 0.3) is 0 Å². The lowest BCUT2D eigenvalue weighted by Crippen LogP contribution is -1.96. The van der Waals surface area contributed by atoms with Gasteiger partial charge in [-0.25, -0.2) is 0 Å². The lowest BCUT2D eigenvalue weighted by molar-refractivity contribution is -0.187. The molecular weight excluding hydrogens is 108 g/mol. The molecule has 0 saturated carbocycles. The third-order valence-corrected chi connectivity index (χ3v) is 1.58. The van der Waals surface area contributed by atoms with Gasteiger partial charge in [-0.1, -0.05) is 13.3 Å². The van der Waals surface area contributed by atoms with Crippen LogP contribution in [0.4, 0.5) is 0 Å². The van der Waals surface area contributed by atoms with Crippen LogP contribution in [0.2, 0.25) is 0 Å². The van der Waals surface area contributed by atoms with Crippen LogP contribution in [0, 0.1) is 0 Å².